The average Bonchev–Trinajstić information content (AvgIpc) is 2.93. The molecule has 2 aromatic rings. The topological polar surface area (TPSA) is 95.9 Å². The number of aryl methyl sites for hydroxylation is 1. The average molecular weight is 603 g/mol. The number of rotatable bonds is 1. The number of hydrogen-bond donors (Lipinski definition) is 2. The second-order valence-corrected chi connectivity index (χ2v) is 14.7. The Kier molecular flexibility index (Phi) is 9.51. The van der Waals surface area contributed by atoms with Crippen LogP contribution in [0.2, 0.25) is 5.02 Å². The first kappa shape index (κ1) is 30.2. The number of aliphatic hydroxyl groups is 1. The molecular formula is C32H43ClN2O5S. The molecule has 0 spiro atoms. The minimum atomic E-state index is -3.89. The summed E-state index contributed by atoms with van der Waals surface area (Å²) in [6, 6.07) is 11.1. The fourth-order valence-corrected chi connectivity index (χ4v) is 8.63. The van der Waals surface area contributed by atoms with Crippen LogP contribution in [-0.2, 0) is 23.1 Å². The number of halogens is 1. The zero-order valence-corrected chi connectivity index (χ0v) is 25.7. The van der Waals surface area contributed by atoms with Gasteiger partial charge in [-0.2, -0.15) is 0 Å². The third-order valence-electron chi connectivity index (χ3n) is 9.28. The van der Waals surface area contributed by atoms with Crippen LogP contribution in [0.25, 0.3) is 0 Å². The molecule has 1 aliphatic carbocycles. The number of nitrogens with one attached hydrogen (secondary N) is 1. The van der Waals surface area contributed by atoms with Crippen molar-refractivity contribution in [2.24, 2.45) is 17.8 Å². The summed E-state index contributed by atoms with van der Waals surface area (Å²) in [4.78, 5) is 15.7. The summed E-state index contributed by atoms with van der Waals surface area (Å²) in [6.45, 7) is 5.65. The maximum atomic E-state index is 13.4. The van der Waals surface area contributed by atoms with Crippen molar-refractivity contribution >= 4 is 33.2 Å². The third-order valence-corrected chi connectivity index (χ3v) is 11.6. The van der Waals surface area contributed by atoms with Gasteiger partial charge in [0.1, 0.15) is 12.4 Å². The van der Waals surface area contributed by atoms with Crippen LogP contribution < -0.4 is 14.4 Å². The number of sulfonamides is 1. The van der Waals surface area contributed by atoms with E-state index in [4.69, 9.17) is 16.3 Å². The molecule has 2 aliphatic heterocycles. The number of carbonyl (C=O) groups excluding carboxylic acids is 1. The van der Waals surface area contributed by atoms with Crippen LogP contribution in [0.3, 0.4) is 0 Å². The van der Waals surface area contributed by atoms with Gasteiger partial charge in [0, 0.05) is 23.7 Å². The van der Waals surface area contributed by atoms with Crippen molar-refractivity contribution in [3.8, 4) is 5.75 Å². The predicted octanol–water partition coefficient (Wildman–Crippen LogP) is 6.11. The Morgan fingerprint density at radius 2 is 1.80 bits per heavy atom. The van der Waals surface area contributed by atoms with Crippen molar-refractivity contribution in [3.63, 3.8) is 0 Å². The molecule has 41 heavy (non-hydrogen) atoms. The number of fused-ring (bicyclic) bond motifs is 3. The summed E-state index contributed by atoms with van der Waals surface area (Å²) in [7, 11) is -3.89. The lowest BCUT2D eigenvalue weighted by molar-refractivity contribution is 0.00932. The zero-order valence-electron chi connectivity index (χ0n) is 24.1. The zero-order chi connectivity index (χ0) is 29.1. The van der Waals surface area contributed by atoms with E-state index in [0.29, 0.717) is 48.1 Å². The molecule has 9 heteroatoms. The fourth-order valence-electron chi connectivity index (χ4n) is 6.71. The van der Waals surface area contributed by atoms with Gasteiger partial charge < -0.3 is 14.7 Å². The molecule has 1 saturated carbocycles. The summed E-state index contributed by atoms with van der Waals surface area (Å²) >= 11 is 6.30. The lowest BCUT2D eigenvalue weighted by Crippen LogP contribution is -2.44. The van der Waals surface area contributed by atoms with Crippen LogP contribution in [0.1, 0.15) is 86.7 Å². The highest BCUT2D eigenvalue weighted by atomic mass is 35.5. The Hall–Kier alpha value is -2.29. The molecule has 2 heterocycles. The highest BCUT2D eigenvalue weighted by Crippen LogP contribution is 2.41. The molecule has 1 amide bonds. The normalized spacial score (nSPS) is 27.3. The van der Waals surface area contributed by atoms with Gasteiger partial charge in [-0.3, -0.25) is 4.79 Å². The number of amides is 1. The Morgan fingerprint density at radius 3 is 2.56 bits per heavy atom. The first-order valence-corrected chi connectivity index (χ1v) is 17.1. The van der Waals surface area contributed by atoms with Crippen LogP contribution in [0, 0.1) is 17.8 Å². The smallest absolute Gasteiger partial charge is 0.264 e. The van der Waals surface area contributed by atoms with E-state index < -0.39 is 21.2 Å². The van der Waals surface area contributed by atoms with E-state index in [1.807, 2.05) is 32.0 Å². The molecule has 7 nitrogen and oxygen atoms in total. The van der Waals surface area contributed by atoms with Crippen LogP contribution in [0.15, 0.2) is 36.4 Å². The summed E-state index contributed by atoms with van der Waals surface area (Å²) in [5.74, 6) is 0.483. The van der Waals surface area contributed by atoms with E-state index >= 15 is 0 Å². The molecule has 0 saturated heterocycles. The monoisotopic (exact) mass is 602 g/mol. The summed E-state index contributed by atoms with van der Waals surface area (Å²) in [5, 5.41) is 11.1. The van der Waals surface area contributed by atoms with Gasteiger partial charge >= 0.3 is 0 Å². The fraction of sp³-hybridized carbons (Fsp3) is 0.594. The van der Waals surface area contributed by atoms with Crippen molar-refractivity contribution in [1.29, 1.82) is 0 Å². The SMILES string of the molecule is CC(C)[C@@H]1CCCC[C@@H](O)[C@@H]2CC[C@H]2CN2CCCCc3cc(Cl)ccc3COc3ccc(cc32)C(=O)NS1(=O)=O. The summed E-state index contributed by atoms with van der Waals surface area (Å²) in [6.07, 6.45) is 7.08. The Balaban J connectivity index is 1.52. The Labute approximate surface area is 249 Å². The summed E-state index contributed by atoms with van der Waals surface area (Å²) in [5.41, 5.74) is 3.35. The first-order chi connectivity index (χ1) is 19.6. The highest BCUT2D eigenvalue weighted by molar-refractivity contribution is 7.90. The molecule has 0 unspecified atom stereocenters. The molecule has 224 valence electrons. The van der Waals surface area contributed by atoms with Crippen molar-refractivity contribution in [2.75, 3.05) is 18.0 Å². The van der Waals surface area contributed by atoms with Crippen molar-refractivity contribution in [1.82, 2.24) is 4.72 Å². The molecular weight excluding hydrogens is 560 g/mol. The summed E-state index contributed by atoms with van der Waals surface area (Å²) < 4.78 is 35.5. The highest BCUT2D eigenvalue weighted by Gasteiger charge is 2.38. The third kappa shape index (κ3) is 7.03. The molecule has 2 N–H and O–H groups in total. The number of benzene rings is 2. The second kappa shape index (κ2) is 12.9. The second-order valence-electron chi connectivity index (χ2n) is 12.4. The Bertz CT molecular complexity index is 1350. The van der Waals surface area contributed by atoms with Crippen molar-refractivity contribution in [2.45, 2.75) is 89.6 Å². The molecule has 4 atom stereocenters. The minimum absolute atomic E-state index is 0.144. The molecule has 2 aromatic carbocycles. The van der Waals surface area contributed by atoms with E-state index in [1.54, 1.807) is 18.2 Å². The predicted molar refractivity (Wildman–Crippen MR) is 163 cm³/mol. The van der Waals surface area contributed by atoms with Gasteiger partial charge in [-0.15, -0.1) is 0 Å². The molecule has 3 aliphatic rings. The van der Waals surface area contributed by atoms with Gasteiger partial charge in [-0.25, -0.2) is 13.1 Å². The molecule has 5 rings (SSSR count). The van der Waals surface area contributed by atoms with E-state index in [-0.39, 0.29) is 17.9 Å². The van der Waals surface area contributed by atoms with Crippen LogP contribution in [0.4, 0.5) is 5.69 Å². The maximum absolute atomic E-state index is 13.4. The van der Waals surface area contributed by atoms with Gasteiger partial charge in [0.05, 0.1) is 17.0 Å². The first-order valence-electron chi connectivity index (χ1n) is 15.2. The lowest BCUT2D eigenvalue weighted by Gasteiger charge is -2.43. The minimum Gasteiger partial charge on any atom is -0.487 e. The van der Waals surface area contributed by atoms with Gasteiger partial charge in [-0.05, 0) is 104 Å². The Morgan fingerprint density at radius 1 is 1.00 bits per heavy atom. The molecule has 2 bridgehead atoms. The van der Waals surface area contributed by atoms with E-state index in [2.05, 4.69) is 9.62 Å². The van der Waals surface area contributed by atoms with Gasteiger partial charge in [-0.1, -0.05) is 44.4 Å². The number of aliphatic hydroxyl groups excluding tert-OH is 1. The van der Waals surface area contributed by atoms with E-state index in [9.17, 15) is 18.3 Å². The molecule has 0 aromatic heterocycles. The van der Waals surface area contributed by atoms with Crippen molar-refractivity contribution in [3.05, 3.63) is 58.1 Å². The number of hydrogen-bond acceptors (Lipinski definition) is 6. The maximum Gasteiger partial charge on any atom is 0.264 e. The van der Waals surface area contributed by atoms with E-state index in [1.165, 1.54) is 5.56 Å². The van der Waals surface area contributed by atoms with Crippen LogP contribution in [0.5, 0.6) is 5.75 Å². The van der Waals surface area contributed by atoms with Gasteiger partial charge in [0.2, 0.25) is 10.0 Å². The lowest BCUT2D eigenvalue weighted by atomic mass is 9.69. The van der Waals surface area contributed by atoms with Gasteiger partial charge in [0.15, 0.2) is 0 Å². The number of carbonyl (C=O) groups is 1. The molecule has 0 radical (unpaired) electrons. The molecule has 1 fully saturated rings. The van der Waals surface area contributed by atoms with E-state index in [0.717, 1.165) is 62.9 Å². The van der Waals surface area contributed by atoms with Gasteiger partial charge in [0.25, 0.3) is 5.91 Å². The van der Waals surface area contributed by atoms with Crippen LogP contribution in [-0.4, -0.2) is 43.9 Å². The van der Waals surface area contributed by atoms with Crippen molar-refractivity contribution < 1.29 is 23.1 Å². The number of ether oxygens (including phenoxy) is 1. The van der Waals surface area contributed by atoms with Crippen LogP contribution >= 0.6 is 11.6 Å². The number of anilines is 1. The number of nitrogens with zero attached hydrogens (tertiary/aromatic N) is 1. The quantitative estimate of drug-likeness (QED) is 0.409. The standard InChI is InChI=1S/C32H43ClN2O5S/c1-21(2)31-9-4-3-8-29(36)27-14-11-24(27)19-35-16-6-5-7-22-17-26(33)13-10-25(22)20-40-30-15-12-23(18-28(30)35)32(37)34-41(31,38)39/h10,12-13,15,17-18,21,24,27,29,31,36H,3-9,11,14,16,19-20H2,1-2H3,(H,34,37)/t24-,27+,29+,31-/m0/s1. The largest absolute Gasteiger partial charge is 0.487 e.